The van der Waals surface area contributed by atoms with Crippen LogP contribution in [0.15, 0.2) is 72.8 Å². The van der Waals surface area contributed by atoms with Gasteiger partial charge in [-0.2, -0.15) is 13.2 Å². The third-order valence-corrected chi connectivity index (χ3v) is 6.32. The Kier molecular flexibility index (Phi) is 7.62. The van der Waals surface area contributed by atoms with E-state index >= 15 is 0 Å². The second kappa shape index (κ2) is 10.6. The molecule has 0 aromatic heterocycles. The van der Waals surface area contributed by atoms with Gasteiger partial charge in [-0.1, -0.05) is 80.6 Å². The number of hydrogen-bond acceptors (Lipinski definition) is 2. The van der Waals surface area contributed by atoms with Gasteiger partial charge in [0.2, 0.25) is 0 Å². The van der Waals surface area contributed by atoms with E-state index in [4.69, 9.17) is 4.74 Å². The number of nitrogens with zero attached hydrogens (tertiary/aromatic N) is 1. The maximum absolute atomic E-state index is 14.0. The first-order valence-corrected chi connectivity index (χ1v) is 12.0. The van der Waals surface area contributed by atoms with Crippen LogP contribution in [-0.4, -0.2) is 24.6 Å². The highest BCUT2D eigenvalue weighted by atomic mass is 19.4. The van der Waals surface area contributed by atoms with Crippen LogP contribution in [0, 0.1) is 11.8 Å². The summed E-state index contributed by atoms with van der Waals surface area (Å²) in [5, 5.41) is 0. The van der Waals surface area contributed by atoms with Crippen molar-refractivity contribution in [3.05, 3.63) is 89.5 Å². The topological polar surface area (TPSA) is 12.5 Å². The molecule has 3 aromatic carbocycles. The van der Waals surface area contributed by atoms with Crippen LogP contribution in [0.3, 0.4) is 0 Å². The van der Waals surface area contributed by atoms with Crippen LogP contribution >= 0.6 is 0 Å². The van der Waals surface area contributed by atoms with E-state index in [1.807, 2.05) is 62.4 Å². The van der Waals surface area contributed by atoms with Gasteiger partial charge in [-0.15, -0.1) is 0 Å². The average Bonchev–Trinajstić information content (AvgIpc) is 3.25. The van der Waals surface area contributed by atoms with E-state index in [2.05, 4.69) is 17.0 Å². The van der Waals surface area contributed by atoms with Crippen LogP contribution in [0.4, 0.5) is 13.2 Å². The summed E-state index contributed by atoms with van der Waals surface area (Å²) in [4.78, 5) is 2.39. The van der Waals surface area contributed by atoms with Crippen molar-refractivity contribution >= 4 is 0 Å². The van der Waals surface area contributed by atoms with Gasteiger partial charge < -0.3 is 4.74 Å². The Labute approximate surface area is 200 Å². The molecular weight excluding hydrogens is 435 g/mol. The molecule has 0 amide bonds. The summed E-state index contributed by atoms with van der Waals surface area (Å²) < 4.78 is 48.0. The molecule has 0 aliphatic carbocycles. The molecule has 1 fully saturated rings. The molecule has 0 N–H and O–H groups in total. The van der Waals surface area contributed by atoms with Crippen LogP contribution < -0.4 is 4.74 Å². The van der Waals surface area contributed by atoms with Gasteiger partial charge in [0, 0.05) is 18.7 Å². The third kappa shape index (κ3) is 6.01. The first-order chi connectivity index (χ1) is 16.3. The first-order valence-electron chi connectivity index (χ1n) is 12.0. The highest BCUT2D eigenvalue weighted by Gasteiger charge is 2.37. The molecule has 2 nitrogen and oxygen atoms in total. The van der Waals surface area contributed by atoms with E-state index in [0.717, 1.165) is 37.2 Å². The second-order valence-corrected chi connectivity index (χ2v) is 9.62. The molecule has 3 aromatic rings. The van der Waals surface area contributed by atoms with E-state index in [-0.39, 0.29) is 24.2 Å². The molecule has 0 bridgehead atoms. The van der Waals surface area contributed by atoms with E-state index in [1.165, 1.54) is 11.6 Å². The van der Waals surface area contributed by atoms with Crippen LogP contribution in [-0.2, 0) is 19.1 Å². The molecular formula is C29H32F3NO. The van der Waals surface area contributed by atoms with Gasteiger partial charge in [0.05, 0.1) is 12.2 Å². The predicted octanol–water partition coefficient (Wildman–Crippen LogP) is 7.47. The van der Waals surface area contributed by atoms with Crippen LogP contribution in [0.1, 0.15) is 37.0 Å². The largest absolute Gasteiger partial charge is 0.492 e. The summed E-state index contributed by atoms with van der Waals surface area (Å²) in [7, 11) is 0. The Bertz CT molecular complexity index is 1060. The normalized spacial score (nSPS) is 16.8. The number of halogens is 3. The van der Waals surface area contributed by atoms with E-state index in [9.17, 15) is 13.2 Å². The van der Waals surface area contributed by atoms with Gasteiger partial charge in [0.1, 0.15) is 5.75 Å². The summed E-state index contributed by atoms with van der Waals surface area (Å²) in [5.74, 6) is 0.405. The third-order valence-electron chi connectivity index (χ3n) is 6.32. The summed E-state index contributed by atoms with van der Waals surface area (Å²) in [6.07, 6.45) is -2.95. The fraction of sp³-hybridized carbons (Fsp3) is 0.379. The molecule has 5 heteroatoms. The van der Waals surface area contributed by atoms with Crippen molar-refractivity contribution < 1.29 is 17.9 Å². The smallest absolute Gasteiger partial charge is 0.419 e. The van der Waals surface area contributed by atoms with Gasteiger partial charge in [-0.3, -0.25) is 4.90 Å². The summed E-state index contributed by atoms with van der Waals surface area (Å²) in [6, 6.07) is 22.8. The fourth-order valence-electron chi connectivity index (χ4n) is 4.71. The van der Waals surface area contributed by atoms with Crippen molar-refractivity contribution in [2.45, 2.75) is 39.4 Å². The molecule has 0 spiro atoms. The Morgan fingerprint density at radius 1 is 0.941 bits per heavy atom. The Morgan fingerprint density at radius 2 is 1.62 bits per heavy atom. The molecule has 1 saturated heterocycles. The minimum Gasteiger partial charge on any atom is -0.492 e. The number of rotatable bonds is 8. The lowest BCUT2D eigenvalue weighted by molar-refractivity contribution is -0.139. The molecule has 34 heavy (non-hydrogen) atoms. The molecule has 180 valence electrons. The van der Waals surface area contributed by atoms with E-state index in [1.54, 1.807) is 6.07 Å². The number of hydrogen-bond donors (Lipinski definition) is 0. The zero-order valence-corrected chi connectivity index (χ0v) is 19.8. The Balaban J connectivity index is 1.67. The lowest BCUT2D eigenvalue weighted by atomic mass is 9.89. The average molecular weight is 468 g/mol. The molecule has 1 unspecified atom stereocenters. The van der Waals surface area contributed by atoms with Gasteiger partial charge in [0.15, 0.2) is 0 Å². The van der Waals surface area contributed by atoms with Gasteiger partial charge in [-0.25, -0.2) is 0 Å². The SMILES string of the molecule is CC(C)COc1c(C(F)(F)F)ccc(-c2ccccc2)c1CC1CCN(Cc2ccccc2)C1. The molecule has 1 heterocycles. The second-order valence-electron chi connectivity index (χ2n) is 9.62. The van der Waals surface area contributed by atoms with Gasteiger partial charge in [0.25, 0.3) is 0 Å². The zero-order chi connectivity index (χ0) is 24.1. The summed E-state index contributed by atoms with van der Waals surface area (Å²) in [5.41, 5.74) is 3.00. The van der Waals surface area contributed by atoms with Gasteiger partial charge in [-0.05, 0) is 54.0 Å². The monoisotopic (exact) mass is 467 g/mol. The predicted molar refractivity (Wildman–Crippen MR) is 131 cm³/mol. The standard InChI is InChI=1S/C29H32F3NO/c1-21(2)20-34-28-26(17-23-15-16-33(19-23)18-22-9-5-3-6-10-22)25(24-11-7-4-8-12-24)13-14-27(28)29(30,31)32/h3-14,21,23H,15-20H2,1-2H3. The first kappa shape index (κ1) is 24.3. The Hall–Kier alpha value is -2.79. The number of ether oxygens (including phenoxy) is 1. The molecule has 0 saturated carbocycles. The molecule has 0 radical (unpaired) electrons. The number of benzene rings is 3. The molecule has 1 atom stereocenters. The molecule has 1 aliphatic rings. The van der Waals surface area contributed by atoms with Crippen molar-refractivity contribution in [1.29, 1.82) is 0 Å². The fourth-order valence-corrected chi connectivity index (χ4v) is 4.71. The lowest BCUT2D eigenvalue weighted by Crippen LogP contribution is -2.21. The number of likely N-dealkylation sites (tertiary alicyclic amines) is 1. The van der Waals surface area contributed by atoms with Crippen molar-refractivity contribution in [2.24, 2.45) is 11.8 Å². The lowest BCUT2D eigenvalue weighted by Gasteiger charge is -2.23. The van der Waals surface area contributed by atoms with Crippen molar-refractivity contribution in [3.63, 3.8) is 0 Å². The van der Waals surface area contributed by atoms with Crippen LogP contribution in [0.25, 0.3) is 11.1 Å². The maximum Gasteiger partial charge on any atom is 0.419 e. The highest BCUT2D eigenvalue weighted by molar-refractivity contribution is 5.71. The molecule has 1 aliphatic heterocycles. The summed E-state index contributed by atoms with van der Waals surface area (Å²) in [6.45, 7) is 6.82. The minimum atomic E-state index is -4.47. The van der Waals surface area contributed by atoms with Crippen molar-refractivity contribution in [2.75, 3.05) is 19.7 Å². The van der Waals surface area contributed by atoms with E-state index < -0.39 is 11.7 Å². The van der Waals surface area contributed by atoms with Crippen molar-refractivity contribution in [3.8, 4) is 16.9 Å². The maximum atomic E-state index is 14.0. The van der Waals surface area contributed by atoms with Gasteiger partial charge >= 0.3 is 6.18 Å². The minimum absolute atomic E-state index is 0.00376. The molecule has 4 rings (SSSR count). The zero-order valence-electron chi connectivity index (χ0n) is 19.8. The highest BCUT2D eigenvalue weighted by Crippen LogP contribution is 2.44. The quantitative estimate of drug-likeness (QED) is 0.341. The van der Waals surface area contributed by atoms with Crippen LogP contribution in [0.2, 0.25) is 0 Å². The van der Waals surface area contributed by atoms with Crippen LogP contribution in [0.5, 0.6) is 5.75 Å². The van der Waals surface area contributed by atoms with E-state index in [0.29, 0.717) is 12.0 Å². The Morgan fingerprint density at radius 3 is 2.26 bits per heavy atom. The number of alkyl halides is 3. The van der Waals surface area contributed by atoms with Crippen molar-refractivity contribution in [1.82, 2.24) is 4.90 Å². The summed E-state index contributed by atoms with van der Waals surface area (Å²) >= 11 is 0.